The fourth-order valence-electron chi connectivity index (χ4n) is 5.53. The van der Waals surface area contributed by atoms with Crippen molar-refractivity contribution in [2.24, 2.45) is 0 Å². The Balaban J connectivity index is 1.39. The maximum atomic E-state index is 11.0. The highest BCUT2D eigenvalue weighted by atomic mass is 35.5. The molecule has 0 saturated carbocycles. The summed E-state index contributed by atoms with van der Waals surface area (Å²) >= 11 is 13.8. The van der Waals surface area contributed by atoms with E-state index in [1.54, 1.807) is 36.5 Å². The number of aromatic nitrogens is 2. The lowest BCUT2D eigenvalue weighted by Crippen LogP contribution is -2.29. The van der Waals surface area contributed by atoms with Crippen LogP contribution in [0.15, 0.2) is 107 Å². The van der Waals surface area contributed by atoms with E-state index in [0.717, 1.165) is 38.1 Å². The van der Waals surface area contributed by atoms with E-state index >= 15 is 0 Å². The Morgan fingerprint density at radius 2 is 1.70 bits per heavy atom. The number of hydrogen-bond donors (Lipinski definition) is 2. The third kappa shape index (κ3) is 5.56. The minimum atomic E-state index is -0.403. The SMILES string of the molecule is Cc1cc(C2C(c3ccccn3)NC(=S)N2c2ccc(Sc3ccc([N+](=O)[O-])cc3)cc2)c(C)n1-c1cc(Cl)ccc1O. The van der Waals surface area contributed by atoms with Crippen molar-refractivity contribution in [3.63, 3.8) is 0 Å². The highest BCUT2D eigenvalue weighted by Crippen LogP contribution is 2.45. The van der Waals surface area contributed by atoms with Crippen molar-refractivity contribution < 1.29 is 10.0 Å². The average molecular weight is 628 g/mol. The Kier molecular flexibility index (Phi) is 7.83. The zero-order chi connectivity index (χ0) is 30.2. The van der Waals surface area contributed by atoms with Crippen molar-refractivity contribution in [2.45, 2.75) is 35.7 Å². The molecule has 1 saturated heterocycles. The number of benzene rings is 3. The molecule has 1 aliphatic rings. The molecule has 1 fully saturated rings. The molecule has 2 N–H and O–H groups in total. The second-order valence-corrected chi connectivity index (χ2v) is 12.1. The van der Waals surface area contributed by atoms with Gasteiger partial charge in [-0.05, 0) is 104 Å². The number of nitrogens with one attached hydrogen (secondary N) is 1. The number of hydrogen-bond acceptors (Lipinski definition) is 6. The number of aromatic hydroxyl groups is 1. The van der Waals surface area contributed by atoms with Crippen molar-refractivity contribution in [3.05, 3.63) is 135 Å². The second-order valence-electron chi connectivity index (χ2n) is 10.1. The largest absolute Gasteiger partial charge is 0.506 e. The van der Waals surface area contributed by atoms with Crippen LogP contribution in [-0.2, 0) is 0 Å². The molecule has 2 unspecified atom stereocenters. The van der Waals surface area contributed by atoms with Gasteiger partial charge in [-0.2, -0.15) is 0 Å². The quantitative estimate of drug-likeness (QED) is 0.106. The van der Waals surface area contributed by atoms with Crippen LogP contribution in [0.4, 0.5) is 11.4 Å². The van der Waals surface area contributed by atoms with Crippen molar-refractivity contribution in [2.75, 3.05) is 4.90 Å². The van der Waals surface area contributed by atoms with E-state index in [1.165, 1.54) is 23.9 Å². The summed E-state index contributed by atoms with van der Waals surface area (Å²) in [5.74, 6) is 0.136. The number of nitrogens with zero attached hydrogens (tertiary/aromatic N) is 4. The lowest BCUT2D eigenvalue weighted by atomic mass is 9.96. The summed E-state index contributed by atoms with van der Waals surface area (Å²) in [4.78, 5) is 19.3. The summed E-state index contributed by atoms with van der Waals surface area (Å²) in [6.45, 7) is 4.03. The summed E-state index contributed by atoms with van der Waals surface area (Å²) in [6, 6.07) is 27.1. The number of rotatable bonds is 7. The number of phenolic OH excluding ortho intramolecular Hbond substituents is 1. The maximum Gasteiger partial charge on any atom is 0.269 e. The molecule has 6 rings (SSSR count). The average Bonchev–Trinajstić information content (AvgIpc) is 3.50. The first-order valence-electron chi connectivity index (χ1n) is 13.4. The van der Waals surface area contributed by atoms with E-state index in [4.69, 9.17) is 23.8 Å². The van der Waals surface area contributed by atoms with Gasteiger partial charge in [0.1, 0.15) is 5.75 Å². The Morgan fingerprint density at radius 3 is 2.35 bits per heavy atom. The van der Waals surface area contributed by atoms with Gasteiger partial charge in [-0.25, -0.2) is 0 Å². The third-order valence-electron chi connectivity index (χ3n) is 7.46. The van der Waals surface area contributed by atoms with Gasteiger partial charge in [0.25, 0.3) is 5.69 Å². The highest BCUT2D eigenvalue weighted by Gasteiger charge is 2.42. The van der Waals surface area contributed by atoms with Crippen molar-refractivity contribution in [1.82, 2.24) is 14.9 Å². The van der Waals surface area contributed by atoms with Crippen LogP contribution in [0, 0.1) is 24.0 Å². The molecule has 8 nitrogen and oxygen atoms in total. The van der Waals surface area contributed by atoms with Gasteiger partial charge >= 0.3 is 0 Å². The van der Waals surface area contributed by atoms with Gasteiger partial charge in [-0.15, -0.1) is 0 Å². The predicted molar refractivity (Wildman–Crippen MR) is 174 cm³/mol. The summed E-state index contributed by atoms with van der Waals surface area (Å²) in [7, 11) is 0. The lowest BCUT2D eigenvalue weighted by molar-refractivity contribution is -0.384. The minimum Gasteiger partial charge on any atom is -0.506 e. The van der Waals surface area contributed by atoms with Crippen LogP contribution in [-0.4, -0.2) is 24.7 Å². The highest BCUT2D eigenvalue weighted by molar-refractivity contribution is 7.99. The molecule has 2 atom stereocenters. The molecule has 43 heavy (non-hydrogen) atoms. The monoisotopic (exact) mass is 627 g/mol. The molecule has 0 bridgehead atoms. The predicted octanol–water partition coefficient (Wildman–Crippen LogP) is 8.08. The molecule has 11 heteroatoms. The Hall–Kier alpha value is -4.38. The molecule has 3 heterocycles. The third-order valence-corrected chi connectivity index (χ3v) is 9.03. The number of nitro benzene ring substituents is 1. The molecule has 216 valence electrons. The summed E-state index contributed by atoms with van der Waals surface area (Å²) in [5.41, 5.74) is 5.36. The summed E-state index contributed by atoms with van der Waals surface area (Å²) < 4.78 is 2.01. The summed E-state index contributed by atoms with van der Waals surface area (Å²) in [5, 5.41) is 26.3. The zero-order valence-electron chi connectivity index (χ0n) is 23.1. The Labute approximate surface area is 263 Å². The van der Waals surface area contributed by atoms with E-state index in [0.29, 0.717) is 15.8 Å². The molecule has 5 aromatic rings. The topological polar surface area (TPSA) is 96.5 Å². The zero-order valence-corrected chi connectivity index (χ0v) is 25.5. The molecule has 0 radical (unpaired) electrons. The van der Waals surface area contributed by atoms with Gasteiger partial charge in [0.05, 0.1) is 28.4 Å². The smallest absolute Gasteiger partial charge is 0.269 e. The number of nitro groups is 1. The lowest BCUT2D eigenvalue weighted by Gasteiger charge is -2.28. The number of thiocarbonyl (C=S) groups is 1. The summed E-state index contributed by atoms with van der Waals surface area (Å²) in [6.07, 6.45) is 1.78. The van der Waals surface area contributed by atoms with Crippen LogP contribution in [0.2, 0.25) is 5.02 Å². The van der Waals surface area contributed by atoms with E-state index in [2.05, 4.69) is 21.3 Å². The van der Waals surface area contributed by atoms with Gasteiger partial charge in [0.15, 0.2) is 5.11 Å². The number of halogens is 1. The van der Waals surface area contributed by atoms with Gasteiger partial charge in [-0.1, -0.05) is 29.4 Å². The Morgan fingerprint density at radius 1 is 1.00 bits per heavy atom. The number of aryl methyl sites for hydroxylation is 1. The Bertz CT molecular complexity index is 1830. The van der Waals surface area contributed by atoms with E-state index in [-0.39, 0.29) is 23.5 Å². The molecular formula is C32H26ClN5O3S2. The molecule has 0 amide bonds. The first-order chi connectivity index (χ1) is 20.7. The fraction of sp³-hybridized carbons (Fsp3) is 0.125. The van der Waals surface area contributed by atoms with E-state index < -0.39 is 4.92 Å². The number of pyridine rings is 1. The van der Waals surface area contributed by atoms with Crippen molar-refractivity contribution >= 4 is 52.1 Å². The standard InChI is InChI=1S/C32H26ClN5O3S2/c1-19-17-26(20(2)36(19)28-18-21(33)6-15-29(28)39)31-30(27-5-3-4-16-34-27)35-32(42)37(31)22-7-11-24(12-8-22)43-25-13-9-23(10-14-25)38(40)41/h3-18,30-31,39H,1-2H3,(H,35,42). The molecule has 0 aliphatic carbocycles. The van der Waals surface area contributed by atoms with Crippen LogP contribution in [0.25, 0.3) is 5.69 Å². The molecule has 1 aliphatic heterocycles. The first kappa shape index (κ1) is 28.7. The molecule has 0 spiro atoms. The van der Waals surface area contributed by atoms with Crippen LogP contribution in [0.1, 0.15) is 34.7 Å². The van der Waals surface area contributed by atoms with Crippen LogP contribution < -0.4 is 10.2 Å². The van der Waals surface area contributed by atoms with Gasteiger partial charge in [-0.3, -0.25) is 15.1 Å². The number of anilines is 1. The van der Waals surface area contributed by atoms with Crippen molar-refractivity contribution in [1.29, 1.82) is 0 Å². The van der Waals surface area contributed by atoms with Crippen molar-refractivity contribution in [3.8, 4) is 11.4 Å². The number of phenols is 1. The molecular weight excluding hydrogens is 602 g/mol. The van der Waals surface area contributed by atoms with E-state index in [9.17, 15) is 15.2 Å². The second kappa shape index (κ2) is 11.7. The minimum absolute atomic E-state index is 0.0631. The molecule has 2 aromatic heterocycles. The van der Waals surface area contributed by atoms with Gasteiger partial charge in [0.2, 0.25) is 0 Å². The van der Waals surface area contributed by atoms with E-state index in [1.807, 2.05) is 60.9 Å². The van der Waals surface area contributed by atoms with Crippen LogP contribution >= 0.6 is 35.6 Å². The van der Waals surface area contributed by atoms with Gasteiger partial charge < -0.3 is 19.9 Å². The van der Waals surface area contributed by atoms with Crippen LogP contribution in [0.3, 0.4) is 0 Å². The van der Waals surface area contributed by atoms with Gasteiger partial charge in [0, 0.05) is 50.2 Å². The van der Waals surface area contributed by atoms with Crippen LogP contribution in [0.5, 0.6) is 5.75 Å². The normalized spacial score (nSPS) is 16.3. The maximum absolute atomic E-state index is 11.0. The molecule has 3 aromatic carbocycles. The first-order valence-corrected chi connectivity index (χ1v) is 15.0. The number of non-ortho nitro benzene ring substituents is 1. The fourth-order valence-corrected chi connectivity index (χ4v) is 6.86.